The van der Waals surface area contributed by atoms with Crippen LogP contribution in [0.4, 0.5) is 11.4 Å². The van der Waals surface area contributed by atoms with Gasteiger partial charge in [0.05, 0.1) is 16.9 Å². The van der Waals surface area contributed by atoms with Gasteiger partial charge in [0.15, 0.2) is 0 Å². The minimum Gasteiger partial charge on any atom is -0.354 e. The van der Waals surface area contributed by atoms with Crippen molar-refractivity contribution < 1.29 is 22.9 Å². The van der Waals surface area contributed by atoms with Crippen molar-refractivity contribution in [3.63, 3.8) is 0 Å². The molecule has 11 heteroatoms. The summed E-state index contributed by atoms with van der Waals surface area (Å²) < 4.78 is 26.4. The monoisotopic (exact) mass is 532 g/mol. The van der Waals surface area contributed by atoms with Gasteiger partial charge in [-0.25, -0.2) is 8.42 Å². The van der Waals surface area contributed by atoms with Crippen molar-refractivity contribution in [2.45, 2.75) is 53.6 Å². The normalized spacial score (nSPS) is 12.2. The number of carbonyl (C=O) groups is 2. The van der Waals surface area contributed by atoms with Crippen LogP contribution in [-0.2, 0) is 26.2 Å². The Labute approximate surface area is 218 Å². The van der Waals surface area contributed by atoms with E-state index in [2.05, 4.69) is 5.32 Å². The number of benzene rings is 2. The Kier molecular flexibility index (Phi) is 10.2. The van der Waals surface area contributed by atoms with E-state index in [0.29, 0.717) is 18.5 Å². The number of amides is 2. The van der Waals surface area contributed by atoms with E-state index in [9.17, 15) is 28.1 Å². The van der Waals surface area contributed by atoms with E-state index in [1.807, 2.05) is 45.0 Å². The predicted molar refractivity (Wildman–Crippen MR) is 144 cm³/mol. The van der Waals surface area contributed by atoms with E-state index < -0.39 is 33.4 Å². The van der Waals surface area contributed by atoms with Crippen LogP contribution in [0.3, 0.4) is 0 Å². The van der Waals surface area contributed by atoms with Crippen molar-refractivity contribution in [1.82, 2.24) is 10.2 Å². The number of anilines is 1. The highest BCUT2D eigenvalue weighted by Crippen LogP contribution is 2.28. The van der Waals surface area contributed by atoms with Crippen LogP contribution in [-0.4, -0.2) is 55.4 Å². The van der Waals surface area contributed by atoms with Gasteiger partial charge in [-0.3, -0.25) is 24.0 Å². The lowest BCUT2D eigenvalue weighted by Crippen LogP contribution is -2.52. The number of aryl methyl sites for hydroxylation is 2. The zero-order valence-corrected chi connectivity index (χ0v) is 23.0. The minimum atomic E-state index is -4.00. The Morgan fingerprint density at radius 3 is 2.27 bits per heavy atom. The van der Waals surface area contributed by atoms with Crippen LogP contribution < -0.4 is 9.62 Å². The summed E-state index contributed by atoms with van der Waals surface area (Å²) in [4.78, 5) is 39.0. The fraction of sp³-hybridized carbons (Fsp3) is 0.462. The Hall–Kier alpha value is -3.47. The summed E-state index contributed by atoms with van der Waals surface area (Å²) in [5.41, 5.74) is 1.95. The second-order valence-electron chi connectivity index (χ2n) is 9.51. The molecule has 2 amide bonds. The maximum absolute atomic E-state index is 13.8. The van der Waals surface area contributed by atoms with Crippen molar-refractivity contribution in [2.75, 3.05) is 23.7 Å². The Bertz CT molecular complexity index is 1250. The van der Waals surface area contributed by atoms with Gasteiger partial charge in [0.1, 0.15) is 12.6 Å². The molecule has 202 valence electrons. The quantitative estimate of drug-likeness (QED) is 0.329. The molecule has 0 saturated carbocycles. The molecule has 0 heterocycles. The first-order chi connectivity index (χ1) is 17.3. The molecule has 2 rings (SSSR count). The fourth-order valence-corrected chi connectivity index (χ4v) is 4.79. The van der Waals surface area contributed by atoms with Gasteiger partial charge < -0.3 is 10.2 Å². The molecule has 0 spiro atoms. The second-order valence-corrected chi connectivity index (χ2v) is 11.4. The van der Waals surface area contributed by atoms with Crippen LogP contribution in [0.1, 0.15) is 43.9 Å². The third-order valence-corrected chi connectivity index (χ3v) is 7.15. The van der Waals surface area contributed by atoms with Crippen LogP contribution >= 0.6 is 0 Å². The molecule has 0 aliphatic heterocycles. The molecule has 0 unspecified atom stereocenters. The molecular formula is C26H36N4O6S. The largest absolute Gasteiger partial charge is 0.354 e. The van der Waals surface area contributed by atoms with Crippen molar-refractivity contribution in [2.24, 2.45) is 5.92 Å². The van der Waals surface area contributed by atoms with Gasteiger partial charge in [-0.05, 0) is 42.9 Å². The molecule has 0 aliphatic carbocycles. The second kappa shape index (κ2) is 12.7. The topological polar surface area (TPSA) is 130 Å². The van der Waals surface area contributed by atoms with Gasteiger partial charge in [0, 0.05) is 25.2 Å². The summed E-state index contributed by atoms with van der Waals surface area (Å²) in [5.74, 6) is -0.707. The third kappa shape index (κ3) is 8.01. The summed E-state index contributed by atoms with van der Waals surface area (Å²) in [6.45, 7) is 9.14. The minimum absolute atomic E-state index is 0.0400. The molecular weight excluding hydrogens is 496 g/mol. The third-order valence-electron chi connectivity index (χ3n) is 6.02. The summed E-state index contributed by atoms with van der Waals surface area (Å²) in [6, 6.07) is 10.5. The summed E-state index contributed by atoms with van der Waals surface area (Å²) in [6.07, 6.45) is 1.26. The Morgan fingerprint density at radius 2 is 1.73 bits per heavy atom. The van der Waals surface area contributed by atoms with Gasteiger partial charge in [-0.1, -0.05) is 51.1 Å². The van der Waals surface area contributed by atoms with Crippen molar-refractivity contribution in [1.29, 1.82) is 0 Å². The van der Waals surface area contributed by atoms with Crippen LogP contribution in [0, 0.1) is 29.9 Å². The molecule has 37 heavy (non-hydrogen) atoms. The molecule has 10 nitrogen and oxygen atoms in total. The van der Waals surface area contributed by atoms with E-state index in [4.69, 9.17) is 0 Å². The van der Waals surface area contributed by atoms with Crippen molar-refractivity contribution >= 4 is 33.2 Å². The fourth-order valence-electron chi connectivity index (χ4n) is 3.89. The van der Waals surface area contributed by atoms with Gasteiger partial charge in [-0.2, -0.15) is 0 Å². The zero-order valence-electron chi connectivity index (χ0n) is 22.2. The van der Waals surface area contributed by atoms with E-state index in [-0.39, 0.29) is 29.7 Å². The smallest absolute Gasteiger partial charge is 0.271 e. The van der Waals surface area contributed by atoms with Crippen LogP contribution in [0.15, 0.2) is 42.5 Å². The first-order valence-corrected chi connectivity index (χ1v) is 14.0. The molecule has 0 radical (unpaired) electrons. The molecule has 0 bridgehead atoms. The SMILES string of the molecule is CC[C@@H](C(=O)NCC(C)C)N(Cc1ccccc1C)C(=O)CN(c1cc([N+](=O)[O-])ccc1C)S(C)(=O)=O. The molecule has 2 aromatic rings. The summed E-state index contributed by atoms with van der Waals surface area (Å²) >= 11 is 0. The van der Waals surface area contributed by atoms with Gasteiger partial charge in [0.25, 0.3) is 5.69 Å². The first kappa shape index (κ1) is 29.8. The molecule has 0 aliphatic rings. The van der Waals surface area contributed by atoms with Crippen LogP contribution in [0.5, 0.6) is 0 Å². The Balaban J connectivity index is 2.52. The first-order valence-electron chi connectivity index (χ1n) is 12.1. The van der Waals surface area contributed by atoms with E-state index in [1.165, 1.54) is 17.0 Å². The van der Waals surface area contributed by atoms with Gasteiger partial charge in [0.2, 0.25) is 21.8 Å². The number of nitrogens with zero attached hydrogens (tertiary/aromatic N) is 3. The average Bonchev–Trinajstić information content (AvgIpc) is 2.81. The average molecular weight is 533 g/mol. The summed E-state index contributed by atoms with van der Waals surface area (Å²) in [5, 5.41) is 14.2. The molecule has 0 fully saturated rings. The van der Waals surface area contributed by atoms with Crippen LogP contribution in [0.25, 0.3) is 0 Å². The van der Waals surface area contributed by atoms with Crippen LogP contribution in [0.2, 0.25) is 0 Å². The number of nitro benzene ring substituents is 1. The number of hydrogen-bond acceptors (Lipinski definition) is 6. The zero-order chi connectivity index (χ0) is 27.9. The predicted octanol–water partition coefficient (Wildman–Crippen LogP) is 3.56. The number of nitro groups is 1. The van der Waals surface area contributed by atoms with Gasteiger partial charge >= 0.3 is 0 Å². The highest BCUT2D eigenvalue weighted by atomic mass is 32.2. The number of rotatable bonds is 12. The number of hydrogen-bond donors (Lipinski definition) is 1. The standard InChI is InChI=1S/C26H36N4O6S/c1-7-23(26(32)27-15-18(2)3)28(16-21-11-9-8-10-19(21)4)25(31)17-29(37(6,35)36)24-14-22(30(33)34)13-12-20(24)5/h8-14,18,23H,7,15-17H2,1-6H3,(H,27,32)/t23-/m0/s1. The number of nitrogens with one attached hydrogen (secondary N) is 1. The maximum Gasteiger partial charge on any atom is 0.271 e. The lowest BCUT2D eigenvalue weighted by Gasteiger charge is -2.33. The van der Waals surface area contributed by atoms with Crippen molar-refractivity contribution in [3.05, 3.63) is 69.3 Å². The maximum atomic E-state index is 13.8. The number of non-ortho nitro benzene ring substituents is 1. The molecule has 0 saturated heterocycles. The highest BCUT2D eigenvalue weighted by Gasteiger charge is 2.32. The molecule has 1 atom stereocenters. The number of carbonyl (C=O) groups excluding carboxylic acids is 2. The molecule has 0 aromatic heterocycles. The molecule has 1 N–H and O–H groups in total. The lowest BCUT2D eigenvalue weighted by molar-refractivity contribution is -0.384. The summed E-state index contributed by atoms with van der Waals surface area (Å²) in [7, 11) is -4.00. The Morgan fingerprint density at radius 1 is 1.08 bits per heavy atom. The molecule has 2 aromatic carbocycles. The van der Waals surface area contributed by atoms with Gasteiger partial charge in [-0.15, -0.1) is 0 Å². The lowest BCUT2D eigenvalue weighted by atomic mass is 10.1. The number of sulfonamides is 1. The highest BCUT2D eigenvalue weighted by molar-refractivity contribution is 7.92. The van der Waals surface area contributed by atoms with Crippen molar-refractivity contribution in [3.8, 4) is 0 Å². The van der Waals surface area contributed by atoms with E-state index in [1.54, 1.807) is 13.8 Å². The van der Waals surface area contributed by atoms with E-state index in [0.717, 1.165) is 27.8 Å². The van der Waals surface area contributed by atoms with E-state index >= 15 is 0 Å².